The van der Waals surface area contributed by atoms with E-state index in [1.165, 1.54) is 152 Å². The highest BCUT2D eigenvalue weighted by atomic mass is 35.5. The Morgan fingerprint density at radius 1 is 0.348 bits per heavy atom. The molecule has 4 aromatic rings. The fourth-order valence-corrected chi connectivity index (χ4v) is 38.5. The summed E-state index contributed by atoms with van der Waals surface area (Å²) in [6, 6.07) is 0. The quantitative estimate of drug-likeness (QED) is 0.0969. The molecule has 0 amide bonds. The number of fused-ring (bicyclic) bond motifs is 28. The number of Topliss-reactive ketones (excluding diaryl/α,β-unsaturated/α-hetero) is 4. The summed E-state index contributed by atoms with van der Waals surface area (Å²) in [4.78, 5) is 68.3. The summed E-state index contributed by atoms with van der Waals surface area (Å²) >= 11 is 12.3. The zero-order valence-electron chi connectivity index (χ0n) is 77.8. The molecule has 0 saturated heterocycles. The molecular weight excluding hydrogens is 1690 g/mol. The van der Waals surface area contributed by atoms with E-state index in [1.54, 1.807) is 32.6 Å². The van der Waals surface area contributed by atoms with Crippen molar-refractivity contribution in [1.29, 1.82) is 0 Å². The van der Waals surface area contributed by atoms with Gasteiger partial charge in [-0.3, -0.25) is 37.9 Å². The van der Waals surface area contributed by atoms with Gasteiger partial charge in [-0.25, -0.2) is 19.4 Å². The first-order valence-corrected chi connectivity index (χ1v) is 51.7. The molecule has 132 heavy (non-hydrogen) atoms. The average Bonchev–Trinajstić information content (AvgIpc) is 1.53. The molecule has 0 spiro atoms. The van der Waals surface area contributed by atoms with Gasteiger partial charge in [-0.2, -0.15) is 20.4 Å². The molecule has 40 atom stereocenters. The molecule has 0 aliphatic heterocycles. The minimum absolute atomic E-state index is 0. The maximum atomic E-state index is 13.7. The third kappa shape index (κ3) is 16.2. The summed E-state index contributed by atoms with van der Waals surface area (Å²) in [5, 5.41) is 60.2. The Labute approximate surface area is 799 Å². The van der Waals surface area contributed by atoms with Gasteiger partial charge in [0.1, 0.15) is 5.15 Å². The fourth-order valence-electron chi connectivity index (χ4n) is 38.1. The van der Waals surface area contributed by atoms with E-state index in [2.05, 4.69) is 67.5 Å². The Hall–Kier alpha value is -6.10. The number of aryl methyl sites for hydroxylation is 1. The Bertz CT molecular complexity index is 4900. The van der Waals surface area contributed by atoms with E-state index in [-0.39, 0.29) is 104 Å². The van der Waals surface area contributed by atoms with Crippen molar-refractivity contribution in [3.8, 4) is 0 Å². The molecule has 24 rings (SSSR count). The number of halogens is 2. The van der Waals surface area contributed by atoms with E-state index in [0.29, 0.717) is 124 Å². The fraction of sp³-hybridized carbons (Fsp3) is 0.818. The van der Waals surface area contributed by atoms with Crippen molar-refractivity contribution in [1.82, 2.24) is 39.1 Å². The molecule has 0 radical (unpaired) electrons. The molecule has 20 saturated carbocycles. The first kappa shape index (κ1) is 97.5. The van der Waals surface area contributed by atoms with E-state index >= 15 is 0 Å². The number of carbonyl (C=O) groups excluding carboxylic acids is 4. The number of aromatic nitrogens is 8. The van der Waals surface area contributed by atoms with Crippen LogP contribution in [0.3, 0.4) is 0 Å². The number of ketones is 4. The van der Waals surface area contributed by atoms with Gasteiger partial charge in [-0.05, 0) is 434 Å². The van der Waals surface area contributed by atoms with E-state index < -0.39 is 22.4 Å². The lowest BCUT2D eigenvalue weighted by Gasteiger charge is -2.57. The molecule has 22 heteroatoms. The smallest absolute Gasteiger partial charge is 0.242 e. The normalized spacial score (nSPS) is 47.2. The van der Waals surface area contributed by atoms with Gasteiger partial charge < -0.3 is 20.4 Å². The molecular formula is C110H158Cl2N12O8. The Morgan fingerprint density at radius 3 is 0.924 bits per heavy atom. The second-order valence-electron chi connectivity index (χ2n) is 49.6. The van der Waals surface area contributed by atoms with Gasteiger partial charge in [-0.15, -0.1) is 0 Å². The summed E-state index contributed by atoms with van der Waals surface area (Å²) in [6.45, 7) is 51.6. The topological polar surface area (TPSA) is 238 Å². The molecule has 4 heterocycles. The molecule has 20 aliphatic carbocycles. The number of carbonyl (C=O) groups is 4. The minimum atomic E-state index is -0.468. The monoisotopic (exact) mass is 1850 g/mol. The van der Waals surface area contributed by atoms with Gasteiger partial charge >= 0.3 is 0 Å². The zero-order valence-corrected chi connectivity index (χ0v) is 79.3. The van der Waals surface area contributed by atoms with Gasteiger partial charge in [0, 0.05) is 41.8 Å². The van der Waals surface area contributed by atoms with E-state index in [1.807, 2.05) is 41.5 Å². The van der Waals surface area contributed by atoms with Crippen molar-refractivity contribution < 1.29 is 39.6 Å². The van der Waals surface area contributed by atoms with Crippen LogP contribution in [-0.4, -0.2) is 105 Å². The molecule has 4 N–H and O–H groups in total. The largest absolute Gasteiger partial charge is 0.390 e. The van der Waals surface area contributed by atoms with E-state index in [0.717, 1.165) is 170 Å². The maximum Gasteiger partial charge on any atom is 0.242 e. The summed E-state index contributed by atoms with van der Waals surface area (Å²) < 4.78 is 6.57. The molecule has 4 aromatic heterocycles. The number of nitrogens with zero attached hydrogens (tertiary/aromatic N) is 12. The van der Waals surface area contributed by atoms with Crippen molar-refractivity contribution in [3.63, 3.8) is 0 Å². The van der Waals surface area contributed by atoms with Crippen molar-refractivity contribution in [2.24, 2.45) is 211 Å². The van der Waals surface area contributed by atoms with Crippen LogP contribution in [0.5, 0.6) is 0 Å². The first-order valence-electron chi connectivity index (χ1n) is 50.9. The maximum absolute atomic E-state index is 13.7. The predicted molar refractivity (Wildman–Crippen MR) is 515 cm³/mol. The van der Waals surface area contributed by atoms with Crippen LogP contribution < -0.4 is 0 Å². The second kappa shape index (κ2) is 35.0. The van der Waals surface area contributed by atoms with Gasteiger partial charge in [0.15, 0.2) is 28.3 Å². The van der Waals surface area contributed by atoms with Crippen molar-refractivity contribution >= 4 is 69.1 Å². The summed E-state index contributed by atoms with van der Waals surface area (Å²) in [7, 11) is 0. The van der Waals surface area contributed by atoms with Gasteiger partial charge in [0.05, 0.1) is 93.0 Å². The van der Waals surface area contributed by atoms with Crippen LogP contribution >= 0.6 is 23.2 Å². The van der Waals surface area contributed by atoms with Crippen molar-refractivity contribution in [2.45, 2.75) is 353 Å². The molecule has 20 aliphatic rings. The van der Waals surface area contributed by atoms with Crippen molar-refractivity contribution in [2.75, 3.05) is 0 Å². The Morgan fingerprint density at radius 2 is 0.629 bits per heavy atom. The average molecular weight is 1850 g/mol. The van der Waals surface area contributed by atoms with Crippen LogP contribution in [-0.2, 0) is 45.4 Å². The lowest BCUT2D eigenvalue weighted by Crippen LogP contribution is -2.52. The Kier molecular flexibility index (Phi) is 25.9. The Balaban J connectivity index is 0.000000122. The number of rotatable bonds is 12. The van der Waals surface area contributed by atoms with Crippen molar-refractivity contribution in [3.05, 3.63) is 92.2 Å². The van der Waals surface area contributed by atoms with Gasteiger partial charge in [0.25, 0.3) is 0 Å². The van der Waals surface area contributed by atoms with Crippen LogP contribution in [0.15, 0.2) is 24.8 Å². The van der Waals surface area contributed by atoms with E-state index in [9.17, 15) is 39.6 Å². The van der Waals surface area contributed by atoms with Crippen LogP contribution in [0.1, 0.15) is 302 Å². The standard InChI is InChI=1S/2C27H37N3O2.2C26H34ClN3O2.4CH4/c1-15-22(28-4)13-30(29-15)14-23(31)25-21-11-20(21)24-19-6-5-16-12-26(2,32)9-7-17(16)18(19)8-10-27(24,25)3;1-15-22(28-4)13-29-30(15)14-23(31)25-21-11-20(21)24-19-6-5-16-12-26(2,32)9-7-17(16)18(19)8-10-27(24,25)3;1-25(32)8-6-15-14(11-25)4-5-17-16(15)7-9-26(2)22(17)18-10-19(18)23(26)21(31)13-30-12-20(28-3)24(27)29-30;1-25(32)8-6-15-14(11-25)4-5-17-16(15)7-9-26(2)22(17)18-10-19(18)23(26)21(31)13-30-24(27)20(28-3)12-29-30;;;;/h2*13,16-21,24-25,32H,5-12,14H2,1-3H3;2*12,14-19,22-23,32H,4-11,13H2,1-2H3;4*1H4/t2*16-,17+,18-,19-,20-,21+,24-,25-,26-,27+;2*14-,15+,16-,17-,18-,19+,22-,23-,25-,26+;;;;/m1111..../s1. The zero-order chi connectivity index (χ0) is 89.7. The van der Waals surface area contributed by atoms with E-state index in [4.69, 9.17) is 49.5 Å². The highest BCUT2D eigenvalue weighted by Gasteiger charge is 2.76. The lowest BCUT2D eigenvalue weighted by atomic mass is 9.48. The molecule has 720 valence electrons. The number of aliphatic hydroxyl groups is 4. The third-order valence-electron chi connectivity index (χ3n) is 42.7. The molecule has 0 aromatic carbocycles. The molecule has 0 bridgehead atoms. The highest BCUT2D eigenvalue weighted by Crippen LogP contribution is 2.80. The van der Waals surface area contributed by atoms with Crippen LogP contribution in [0.4, 0.5) is 22.7 Å². The molecule has 20 nitrogen and oxygen atoms in total. The predicted octanol–water partition coefficient (Wildman–Crippen LogP) is 24.0. The SMILES string of the molecule is C.C.C.C.[C-]#[N+]c1cn(CC(=O)[C@H]2[C@H]3C[C@H]3[C@H]3[C@@H]4CC[C@@H]5C[C@](C)(O)CC[C@@H]5[C@H]4CC[C@@]32C)nc1C.[C-]#[N+]c1cn(CC(=O)[C@H]2[C@H]3C[C@H]3[C@H]3[C@@H]4CC[C@@H]5C[C@](C)(O)CC[C@@H]5[C@H]4CC[C@@]32C)nc1Cl.[C-]#[N+]c1cnn(CC(=O)[C@H]2[C@H]3C[C@H]3[C@H]3[C@@H]4CC[C@@H]5C[C@](C)(O)CC[C@@H]5[C@H]4CC[C@@]32C)c1C.[C-]#[N+]c1cnn(CC(=O)[C@H]2[C@H]3C[C@H]3[C@H]3[C@@H]4CC[C@@H]5C[C@](C)(O)CC[C@@H]5[C@H]4CC[C@@]32C)c1Cl. The summed E-state index contributed by atoms with van der Waals surface area (Å²) in [5.41, 5.74) is 1.94. The van der Waals surface area contributed by atoms with Gasteiger partial charge in [-0.1, -0.05) is 80.6 Å². The third-order valence-corrected chi connectivity index (χ3v) is 43.3. The highest BCUT2D eigenvalue weighted by molar-refractivity contribution is 6.32. The van der Waals surface area contributed by atoms with Crippen LogP contribution in [0.2, 0.25) is 10.3 Å². The number of hydrogen-bond donors (Lipinski definition) is 4. The molecule has 0 unspecified atom stereocenters. The van der Waals surface area contributed by atoms with Crippen LogP contribution in [0.25, 0.3) is 19.4 Å². The van der Waals surface area contributed by atoms with Gasteiger partial charge in [0.2, 0.25) is 22.7 Å². The summed E-state index contributed by atoms with van der Waals surface area (Å²) in [5.74, 6) is 22.1. The summed E-state index contributed by atoms with van der Waals surface area (Å²) in [6.07, 6.45) is 43.8. The lowest BCUT2D eigenvalue weighted by molar-refractivity contribution is -0.137. The minimum Gasteiger partial charge on any atom is -0.390 e. The molecule has 20 fully saturated rings. The first-order chi connectivity index (χ1) is 60.9. The van der Waals surface area contributed by atoms with Crippen LogP contribution in [0, 0.1) is 251 Å². The number of hydrogen-bond acceptors (Lipinski definition) is 12. The second-order valence-corrected chi connectivity index (χ2v) is 50.3.